The normalized spacial score (nSPS) is 15.8. The molecule has 0 atom stereocenters. The van der Waals surface area contributed by atoms with Crippen molar-refractivity contribution < 1.29 is 13.2 Å². The number of hydrogen-bond donors (Lipinski definition) is 1. The van der Waals surface area contributed by atoms with Gasteiger partial charge in [-0.1, -0.05) is 65.4 Å². The number of rotatable bonds is 10. The summed E-state index contributed by atoms with van der Waals surface area (Å²) >= 11 is 12.6. The van der Waals surface area contributed by atoms with Crippen molar-refractivity contribution >= 4 is 33.2 Å². The van der Waals surface area contributed by atoms with Crippen LogP contribution >= 0.6 is 23.2 Å². The van der Waals surface area contributed by atoms with E-state index in [0.29, 0.717) is 30.1 Å². The average molecular weight is 707 g/mol. The van der Waals surface area contributed by atoms with Crippen molar-refractivity contribution in [3.8, 4) is 23.1 Å². The van der Waals surface area contributed by atoms with Gasteiger partial charge in [0.15, 0.2) is 0 Å². The van der Waals surface area contributed by atoms with Crippen LogP contribution in [0.15, 0.2) is 66.7 Å². The fraction of sp³-hybridized carbons (Fsp3) is 0.378. The molecule has 252 valence electrons. The summed E-state index contributed by atoms with van der Waals surface area (Å²) < 4.78 is 34.3. The highest BCUT2D eigenvalue weighted by Crippen LogP contribution is 2.33. The van der Waals surface area contributed by atoms with E-state index in [4.69, 9.17) is 33.0 Å². The molecule has 1 saturated heterocycles. The number of nitrogens with one attached hydrogen (secondary N) is 1. The second-order valence-corrected chi connectivity index (χ2v) is 15.2. The molecule has 0 spiro atoms. The standard InChI is InChI=1S/C37H41Cl2N5O3S/c1-48(45,46)43-20-16-36-34(27-43)37(41-44(36)19-2-17-42-18-3-22-47-23-21-42)32-12-15-35(39)31(24-32)11-8-28-4-6-29(7-5-28)25-40-26-30-9-13-33(38)14-10-30/h4-7,9-10,12-15,24,40H,2-3,16-23,25-27H2,1H3. The lowest BCUT2D eigenvalue weighted by molar-refractivity contribution is 0.141. The van der Waals surface area contributed by atoms with Gasteiger partial charge < -0.3 is 15.0 Å². The first-order valence-electron chi connectivity index (χ1n) is 16.4. The molecule has 2 aliphatic rings. The van der Waals surface area contributed by atoms with Gasteiger partial charge in [-0.25, -0.2) is 8.42 Å². The highest BCUT2D eigenvalue weighted by atomic mass is 35.5. The third-order valence-corrected chi connectivity index (χ3v) is 10.7. The maximum atomic E-state index is 12.5. The molecule has 3 heterocycles. The quantitative estimate of drug-likeness (QED) is 0.205. The summed E-state index contributed by atoms with van der Waals surface area (Å²) in [5.41, 5.74) is 7.66. The van der Waals surface area contributed by atoms with Crippen molar-refractivity contribution in [3.05, 3.63) is 110 Å². The first-order valence-corrected chi connectivity index (χ1v) is 19.0. The third kappa shape index (κ3) is 9.07. The average Bonchev–Trinajstić information content (AvgIpc) is 3.23. The smallest absolute Gasteiger partial charge is 0.211 e. The Morgan fingerprint density at radius 2 is 1.65 bits per heavy atom. The lowest BCUT2D eigenvalue weighted by Gasteiger charge is -2.26. The summed E-state index contributed by atoms with van der Waals surface area (Å²) in [7, 11) is -3.34. The fourth-order valence-corrected chi connectivity index (χ4v) is 7.28. The van der Waals surface area contributed by atoms with Crippen LogP contribution in [0.25, 0.3) is 11.3 Å². The van der Waals surface area contributed by atoms with Crippen molar-refractivity contribution in [2.45, 2.75) is 45.4 Å². The van der Waals surface area contributed by atoms with E-state index in [0.717, 1.165) is 98.4 Å². The van der Waals surface area contributed by atoms with Gasteiger partial charge in [0.05, 0.1) is 23.6 Å². The molecule has 1 aromatic heterocycles. The zero-order chi connectivity index (χ0) is 33.5. The van der Waals surface area contributed by atoms with Crippen LogP contribution in [0, 0.1) is 11.8 Å². The highest BCUT2D eigenvalue weighted by Gasteiger charge is 2.30. The van der Waals surface area contributed by atoms with Crippen molar-refractivity contribution in [1.29, 1.82) is 0 Å². The number of fused-ring (bicyclic) bond motifs is 1. The summed E-state index contributed by atoms with van der Waals surface area (Å²) in [6.45, 7) is 7.61. The van der Waals surface area contributed by atoms with Crippen molar-refractivity contribution in [1.82, 2.24) is 24.3 Å². The molecule has 11 heteroatoms. The zero-order valence-corrected chi connectivity index (χ0v) is 29.5. The van der Waals surface area contributed by atoms with Gasteiger partial charge >= 0.3 is 0 Å². The molecule has 0 bridgehead atoms. The van der Waals surface area contributed by atoms with Crippen LogP contribution in [0.2, 0.25) is 10.0 Å². The molecule has 0 unspecified atom stereocenters. The number of halogens is 2. The lowest BCUT2D eigenvalue weighted by atomic mass is 10.0. The van der Waals surface area contributed by atoms with E-state index in [-0.39, 0.29) is 0 Å². The zero-order valence-electron chi connectivity index (χ0n) is 27.2. The summed E-state index contributed by atoms with van der Waals surface area (Å²) in [5, 5.41) is 9.83. The van der Waals surface area contributed by atoms with Crippen LogP contribution in [0.3, 0.4) is 0 Å². The van der Waals surface area contributed by atoms with Crippen LogP contribution in [0.1, 0.15) is 46.4 Å². The molecule has 0 aliphatic carbocycles. The van der Waals surface area contributed by atoms with Crippen LogP contribution in [-0.2, 0) is 47.4 Å². The number of hydrogen-bond acceptors (Lipinski definition) is 6. The van der Waals surface area contributed by atoms with E-state index in [2.05, 4.69) is 38.9 Å². The van der Waals surface area contributed by atoms with Gasteiger partial charge in [-0.3, -0.25) is 4.68 Å². The van der Waals surface area contributed by atoms with Gasteiger partial charge in [0.25, 0.3) is 0 Å². The Morgan fingerprint density at radius 1 is 0.896 bits per heavy atom. The SMILES string of the molecule is CS(=O)(=O)N1CCc2c(c(-c3ccc(Cl)c(C#Cc4ccc(CNCc5ccc(Cl)cc5)cc4)c3)nn2CCCN2CCCOCC2)C1. The molecule has 8 nitrogen and oxygen atoms in total. The minimum absolute atomic E-state index is 0.303. The van der Waals surface area contributed by atoms with Crippen LogP contribution in [0.4, 0.5) is 0 Å². The molecular weight excluding hydrogens is 665 g/mol. The van der Waals surface area contributed by atoms with Crippen LogP contribution < -0.4 is 5.32 Å². The lowest BCUT2D eigenvalue weighted by Crippen LogP contribution is -2.35. The third-order valence-electron chi connectivity index (χ3n) is 8.83. The predicted molar refractivity (Wildman–Crippen MR) is 193 cm³/mol. The van der Waals surface area contributed by atoms with E-state index in [1.54, 1.807) is 0 Å². The van der Waals surface area contributed by atoms with E-state index in [9.17, 15) is 8.42 Å². The van der Waals surface area contributed by atoms with Gasteiger partial charge in [0.2, 0.25) is 10.0 Å². The van der Waals surface area contributed by atoms with Crippen molar-refractivity contribution in [2.24, 2.45) is 0 Å². The Bertz CT molecular complexity index is 1870. The van der Waals surface area contributed by atoms with E-state index >= 15 is 0 Å². The molecule has 1 N–H and O–H groups in total. The molecule has 3 aromatic carbocycles. The first kappa shape index (κ1) is 34.7. The monoisotopic (exact) mass is 705 g/mol. The second kappa shape index (κ2) is 16.0. The van der Waals surface area contributed by atoms with Crippen molar-refractivity contribution in [3.63, 3.8) is 0 Å². The number of aryl methyl sites for hydroxylation is 1. The Hall–Kier alpha value is -3.20. The number of benzene rings is 3. The maximum absolute atomic E-state index is 12.5. The van der Waals surface area contributed by atoms with Gasteiger partial charge in [-0.15, -0.1) is 0 Å². The van der Waals surface area contributed by atoms with E-state index in [1.807, 2.05) is 54.6 Å². The Kier molecular flexibility index (Phi) is 11.6. The number of sulfonamides is 1. The summed E-state index contributed by atoms with van der Waals surface area (Å²) in [5.74, 6) is 6.52. The molecule has 6 rings (SSSR count). The van der Waals surface area contributed by atoms with Gasteiger partial charge in [0.1, 0.15) is 0 Å². The van der Waals surface area contributed by atoms with Gasteiger partial charge in [-0.05, 0) is 66.9 Å². The molecule has 0 amide bonds. The van der Waals surface area contributed by atoms with Gasteiger partial charge in [0, 0.05) is 91.8 Å². The first-order chi connectivity index (χ1) is 23.2. The molecule has 2 aliphatic heterocycles. The van der Waals surface area contributed by atoms with Crippen molar-refractivity contribution in [2.75, 3.05) is 45.6 Å². The highest BCUT2D eigenvalue weighted by molar-refractivity contribution is 7.88. The molecule has 48 heavy (non-hydrogen) atoms. The fourth-order valence-electron chi connectivity index (χ4n) is 6.20. The maximum Gasteiger partial charge on any atom is 0.211 e. The number of nitrogens with zero attached hydrogens (tertiary/aromatic N) is 4. The van der Waals surface area contributed by atoms with E-state index < -0.39 is 10.0 Å². The van der Waals surface area contributed by atoms with Crippen LogP contribution in [-0.4, -0.2) is 73.1 Å². The van der Waals surface area contributed by atoms with E-state index in [1.165, 1.54) is 21.7 Å². The molecule has 1 fully saturated rings. The number of ether oxygens (including phenoxy) is 1. The number of aromatic nitrogens is 2. The summed E-state index contributed by atoms with van der Waals surface area (Å²) in [4.78, 5) is 2.45. The Balaban J connectivity index is 1.17. The molecular formula is C37H41Cl2N5O3S. The van der Waals surface area contributed by atoms with Gasteiger partial charge in [-0.2, -0.15) is 9.40 Å². The Morgan fingerprint density at radius 3 is 2.40 bits per heavy atom. The summed E-state index contributed by atoms with van der Waals surface area (Å²) in [6, 6.07) is 21.8. The topological polar surface area (TPSA) is 79.7 Å². The minimum Gasteiger partial charge on any atom is -0.380 e. The molecule has 0 saturated carbocycles. The molecule has 0 radical (unpaired) electrons. The summed E-state index contributed by atoms with van der Waals surface area (Å²) in [6.07, 6.45) is 3.91. The second-order valence-electron chi connectivity index (χ2n) is 12.4. The largest absolute Gasteiger partial charge is 0.380 e. The van der Waals surface area contributed by atoms with Crippen LogP contribution in [0.5, 0.6) is 0 Å². The minimum atomic E-state index is -3.34. The predicted octanol–water partition coefficient (Wildman–Crippen LogP) is 5.98. The Labute approximate surface area is 294 Å². The molecule has 4 aromatic rings.